The summed E-state index contributed by atoms with van der Waals surface area (Å²) < 4.78 is 20.6. The van der Waals surface area contributed by atoms with E-state index in [0.29, 0.717) is 5.56 Å². The number of nitrogens with zero attached hydrogens (tertiary/aromatic N) is 2. The first-order chi connectivity index (χ1) is 5.24. The number of hydrogen-bond donors (Lipinski definition) is 0. The van der Waals surface area contributed by atoms with Crippen LogP contribution in [0.4, 0.5) is 0 Å². The lowest BCUT2D eigenvalue weighted by Crippen LogP contribution is -1.91. The van der Waals surface area contributed by atoms with Gasteiger partial charge in [-0.15, -0.1) is 4.55 Å². The van der Waals surface area contributed by atoms with Crippen molar-refractivity contribution in [3.8, 4) is 6.07 Å². The number of hydrogen-bond acceptors (Lipinski definition) is 3. The van der Waals surface area contributed by atoms with Crippen LogP contribution in [0.1, 0.15) is 5.56 Å². The molecule has 55 valence electrons. The van der Waals surface area contributed by atoms with Crippen LogP contribution < -0.4 is 0 Å². The summed E-state index contributed by atoms with van der Waals surface area (Å²) in [5.74, 6) is 0. The molecule has 0 spiro atoms. The van der Waals surface area contributed by atoms with E-state index in [9.17, 15) is 8.76 Å². The second-order valence-electron chi connectivity index (χ2n) is 1.73. The SMILES string of the molecule is N#Cc1ccnc(S([O])=O)c1. The maximum absolute atomic E-state index is 10.3. The molecular formula is C6H3N2O2S. The Morgan fingerprint density at radius 2 is 2.36 bits per heavy atom. The first-order valence-corrected chi connectivity index (χ1v) is 3.77. The Hall–Kier alpha value is -1.25. The summed E-state index contributed by atoms with van der Waals surface area (Å²) in [4.78, 5) is 3.52. The van der Waals surface area contributed by atoms with Crippen LogP contribution in [0.15, 0.2) is 23.4 Å². The Kier molecular flexibility index (Phi) is 2.31. The molecule has 0 amide bonds. The van der Waals surface area contributed by atoms with Gasteiger partial charge in [-0.1, -0.05) is 0 Å². The molecule has 0 aliphatic carbocycles. The van der Waals surface area contributed by atoms with Gasteiger partial charge >= 0.3 is 0 Å². The fourth-order valence-electron chi connectivity index (χ4n) is 0.570. The van der Waals surface area contributed by atoms with Crippen molar-refractivity contribution in [1.29, 1.82) is 5.26 Å². The maximum atomic E-state index is 10.3. The summed E-state index contributed by atoms with van der Waals surface area (Å²) >= 11 is -2.35. The van der Waals surface area contributed by atoms with Gasteiger partial charge in [0.2, 0.25) is 11.1 Å². The molecule has 0 bridgehead atoms. The van der Waals surface area contributed by atoms with Gasteiger partial charge in [0.05, 0.1) is 11.6 Å². The minimum Gasteiger partial charge on any atom is -0.245 e. The van der Waals surface area contributed by atoms with Crippen molar-refractivity contribution in [3.05, 3.63) is 23.9 Å². The van der Waals surface area contributed by atoms with Crippen LogP contribution >= 0.6 is 0 Å². The third kappa shape index (κ3) is 1.83. The van der Waals surface area contributed by atoms with Gasteiger partial charge in [-0.3, -0.25) is 0 Å². The van der Waals surface area contributed by atoms with Gasteiger partial charge in [0.1, 0.15) is 0 Å². The van der Waals surface area contributed by atoms with Crippen LogP contribution in [0.3, 0.4) is 0 Å². The molecule has 0 fully saturated rings. The Balaban J connectivity index is 3.13. The van der Waals surface area contributed by atoms with Gasteiger partial charge in [0.25, 0.3) is 0 Å². The van der Waals surface area contributed by atoms with Crippen molar-refractivity contribution in [2.45, 2.75) is 5.03 Å². The van der Waals surface area contributed by atoms with Crippen LogP contribution in [0.2, 0.25) is 0 Å². The van der Waals surface area contributed by atoms with Gasteiger partial charge in [-0.2, -0.15) is 5.26 Å². The molecule has 0 aliphatic rings. The molecule has 1 aromatic rings. The van der Waals surface area contributed by atoms with Gasteiger partial charge in [0, 0.05) is 6.20 Å². The normalized spacial score (nSPS) is 12.0. The van der Waals surface area contributed by atoms with Crippen molar-refractivity contribution in [1.82, 2.24) is 4.98 Å². The molecule has 1 unspecified atom stereocenters. The zero-order valence-corrected chi connectivity index (χ0v) is 6.17. The summed E-state index contributed by atoms with van der Waals surface area (Å²) in [5, 5.41) is 8.26. The van der Waals surface area contributed by atoms with E-state index in [1.165, 1.54) is 18.3 Å². The number of pyridine rings is 1. The Bertz CT molecular complexity index is 332. The number of rotatable bonds is 1. The molecule has 1 radical (unpaired) electrons. The largest absolute Gasteiger partial charge is 0.245 e. The first-order valence-electron chi connectivity index (χ1n) is 2.69. The van der Waals surface area contributed by atoms with Crippen molar-refractivity contribution in [2.24, 2.45) is 0 Å². The van der Waals surface area contributed by atoms with Crippen LogP contribution in [-0.2, 0) is 15.6 Å². The third-order valence-electron chi connectivity index (χ3n) is 1.03. The van der Waals surface area contributed by atoms with Gasteiger partial charge in [-0.05, 0) is 12.1 Å². The van der Waals surface area contributed by atoms with Crippen molar-refractivity contribution in [3.63, 3.8) is 0 Å². The predicted molar refractivity (Wildman–Crippen MR) is 36.0 cm³/mol. The van der Waals surface area contributed by atoms with E-state index in [1.54, 1.807) is 0 Å². The van der Waals surface area contributed by atoms with E-state index in [1.807, 2.05) is 6.07 Å². The molecule has 11 heavy (non-hydrogen) atoms. The molecule has 0 saturated carbocycles. The fraction of sp³-hybridized carbons (Fsp3) is 0. The molecule has 0 aromatic carbocycles. The maximum Gasteiger partial charge on any atom is 0.240 e. The highest BCUT2D eigenvalue weighted by Gasteiger charge is 2.02. The van der Waals surface area contributed by atoms with Crippen molar-refractivity contribution in [2.75, 3.05) is 0 Å². The average Bonchev–Trinajstić information content (AvgIpc) is 2.05. The summed E-state index contributed by atoms with van der Waals surface area (Å²) in [6.45, 7) is 0. The Morgan fingerprint density at radius 1 is 1.64 bits per heavy atom. The van der Waals surface area contributed by atoms with Gasteiger partial charge in [0.15, 0.2) is 5.03 Å². The number of nitriles is 1. The highest BCUT2D eigenvalue weighted by atomic mass is 32.2. The Labute approximate surface area is 65.8 Å². The van der Waals surface area contributed by atoms with Crippen molar-refractivity contribution >= 4 is 11.1 Å². The standard InChI is InChI=1S/C6H3N2O2S/c7-4-5-1-2-8-6(3-5)11(9)10/h1-3H. The van der Waals surface area contributed by atoms with Crippen LogP contribution in [-0.4, -0.2) is 9.19 Å². The molecule has 1 rings (SSSR count). The molecule has 1 aromatic heterocycles. The topological polar surface area (TPSA) is 73.7 Å². The zero-order chi connectivity index (χ0) is 8.27. The zero-order valence-electron chi connectivity index (χ0n) is 5.35. The molecule has 1 atom stereocenters. The van der Waals surface area contributed by atoms with E-state index in [-0.39, 0.29) is 5.03 Å². The summed E-state index contributed by atoms with van der Waals surface area (Å²) in [6.07, 6.45) is 1.28. The summed E-state index contributed by atoms with van der Waals surface area (Å²) in [6, 6.07) is 4.46. The third-order valence-corrected chi connectivity index (χ3v) is 1.60. The van der Waals surface area contributed by atoms with Crippen LogP contribution in [0, 0.1) is 11.3 Å². The lowest BCUT2D eigenvalue weighted by molar-refractivity contribution is 0.470. The van der Waals surface area contributed by atoms with Crippen molar-refractivity contribution < 1.29 is 8.76 Å². The van der Waals surface area contributed by atoms with Gasteiger partial charge in [-0.25, -0.2) is 9.19 Å². The monoisotopic (exact) mass is 167 g/mol. The molecule has 1 heterocycles. The van der Waals surface area contributed by atoms with E-state index in [4.69, 9.17) is 5.26 Å². The fourth-order valence-corrected chi connectivity index (χ4v) is 0.940. The minimum absolute atomic E-state index is 0.107. The van der Waals surface area contributed by atoms with E-state index < -0.39 is 11.1 Å². The van der Waals surface area contributed by atoms with Gasteiger partial charge < -0.3 is 0 Å². The lowest BCUT2D eigenvalue weighted by Gasteiger charge is -1.90. The van der Waals surface area contributed by atoms with Crippen LogP contribution in [0.5, 0.6) is 0 Å². The molecule has 5 heteroatoms. The summed E-state index contributed by atoms with van der Waals surface area (Å²) in [5.41, 5.74) is 0.291. The minimum atomic E-state index is -2.35. The van der Waals surface area contributed by atoms with Crippen LogP contribution in [0.25, 0.3) is 0 Å². The number of aromatic nitrogens is 1. The molecule has 0 N–H and O–H groups in total. The summed E-state index contributed by atoms with van der Waals surface area (Å²) in [7, 11) is 0. The lowest BCUT2D eigenvalue weighted by atomic mass is 10.3. The predicted octanol–water partition coefficient (Wildman–Crippen LogP) is 0.406. The second-order valence-corrected chi connectivity index (χ2v) is 2.62. The van der Waals surface area contributed by atoms with E-state index in [2.05, 4.69) is 4.98 Å². The average molecular weight is 167 g/mol. The smallest absolute Gasteiger partial charge is 0.240 e. The quantitative estimate of drug-likeness (QED) is 0.607. The molecule has 0 saturated heterocycles. The highest BCUT2D eigenvalue weighted by Crippen LogP contribution is 2.02. The highest BCUT2D eigenvalue weighted by molar-refractivity contribution is 7.78. The molecule has 0 aliphatic heterocycles. The first kappa shape index (κ1) is 7.85. The second kappa shape index (κ2) is 3.23. The molecule has 4 nitrogen and oxygen atoms in total. The Morgan fingerprint density at radius 3 is 2.91 bits per heavy atom. The van der Waals surface area contributed by atoms with E-state index in [0.717, 1.165) is 0 Å². The van der Waals surface area contributed by atoms with E-state index >= 15 is 0 Å². The molecular weight excluding hydrogens is 164 g/mol.